The number of carbonyl (C=O) groups is 2. The summed E-state index contributed by atoms with van der Waals surface area (Å²) < 4.78 is 0. The van der Waals surface area contributed by atoms with Crippen LogP contribution >= 0.6 is 0 Å². The van der Waals surface area contributed by atoms with E-state index in [1.54, 1.807) is 4.90 Å². The van der Waals surface area contributed by atoms with E-state index in [1.807, 2.05) is 13.8 Å². The summed E-state index contributed by atoms with van der Waals surface area (Å²) in [4.78, 5) is 24.7. The summed E-state index contributed by atoms with van der Waals surface area (Å²) in [5.74, 6) is 0.563. The number of carboxylic acids is 1. The molecule has 3 unspecified atom stereocenters. The van der Waals surface area contributed by atoms with Crippen LogP contribution in [0.1, 0.15) is 59.8 Å². The second kappa shape index (κ2) is 8.25. The van der Waals surface area contributed by atoms with E-state index in [0.717, 1.165) is 25.2 Å². The Morgan fingerprint density at radius 3 is 2.43 bits per heavy atom. The van der Waals surface area contributed by atoms with Crippen molar-refractivity contribution in [3.8, 4) is 0 Å². The van der Waals surface area contributed by atoms with Gasteiger partial charge < -0.3 is 15.3 Å². The van der Waals surface area contributed by atoms with Crippen LogP contribution in [0.25, 0.3) is 0 Å². The molecule has 0 aromatic carbocycles. The number of hydrogen-bond acceptors (Lipinski definition) is 2. The van der Waals surface area contributed by atoms with E-state index < -0.39 is 5.97 Å². The third kappa shape index (κ3) is 5.94. The van der Waals surface area contributed by atoms with E-state index >= 15 is 0 Å². The Morgan fingerprint density at radius 1 is 1.24 bits per heavy atom. The summed E-state index contributed by atoms with van der Waals surface area (Å²) in [6, 6.07) is 0.283. The predicted octanol–water partition coefficient (Wildman–Crippen LogP) is 3.10. The van der Waals surface area contributed by atoms with Crippen LogP contribution in [0.3, 0.4) is 0 Å². The van der Waals surface area contributed by atoms with Crippen molar-refractivity contribution in [2.75, 3.05) is 6.54 Å². The van der Waals surface area contributed by atoms with E-state index in [2.05, 4.69) is 19.2 Å². The highest BCUT2D eigenvalue weighted by molar-refractivity contribution is 5.75. The molecule has 0 aromatic rings. The first-order valence-electron chi connectivity index (χ1n) is 8.10. The normalized spacial score (nSPS) is 25.7. The molecule has 0 heterocycles. The number of urea groups is 1. The molecule has 5 heteroatoms. The molecule has 1 rings (SSSR count). The van der Waals surface area contributed by atoms with Crippen LogP contribution in [0, 0.1) is 11.8 Å². The van der Waals surface area contributed by atoms with Gasteiger partial charge in [-0.05, 0) is 51.4 Å². The highest BCUT2D eigenvalue weighted by Gasteiger charge is 2.27. The molecule has 1 aliphatic carbocycles. The van der Waals surface area contributed by atoms with Crippen LogP contribution in [0.2, 0.25) is 0 Å². The SMILES string of the molecule is CC1CCC(NC(=O)N(CCCC(=O)O)C(C)C)CC1C. The van der Waals surface area contributed by atoms with Crippen LogP contribution in [0.5, 0.6) is 0 Å². The molecule has 1 saturated carbocycles. The summed E-state index contributed by atoms with van der Waals surface area (Å²) in [5, 5.41) is 11.8. The van der Waals surface area contributed by atoms with Crippen molar-refractivity contribution in [3.63, 3.8) is 0 Å². The van der Waals surface area contributed by atoms with Crippen LogP contribution in [0.4, 0.5) is 4.79 Å². The van der Waals surface area contributed by atoms with Crippen molar-refractivity contribution >= 4 is 12.0 Å². The van der Waals surface area contributed by atoms with Gasteiger partial charge >= 0.3 is 12.0 Å². The van der Waals surface area contributed by atoms with Gasteiger partial charge in [-0.2, -0.15) is 0 Å². The molecular weight excluding hydrogens is 268 g/mol. The smallest absolute Gasteiger partial charge is 0.317 e. The van der Waals surface area contributed by atoms with E-state index in [9.17, 15) is 9.59 Å². The molecular formula is C16H30N2O3. The quantitative estimate of drug-likeness (QED) is 0.791. The second-order valence-corrected chi connectivity index (χ2v) is 6.70. The minimum absolute atomic E-state index is 0.0536. The monoisotopic (exact) mass is 298 g/mol. The molecule has 0 saturated heterocycles. The minimum Gasteiger partial charge on any atom is -0.481 e. The molecule has 0 bridgehead atoms. The first-order valence-corrected chi connectivity index (χ1v) is 8.10. The fourth-order valence-electron chi connectivity index (χ4n) is 2.93. The highest BCUT2D eigenvalue weighted by atomic mass is 16.4. The number of carboxylic acid groups (broad SMARTS) is 1. The maximum Gasteiger partial charge on any atom is 0.317 e. The van der Waals surface area contributed by atoms with Gasteiger partial charge in [0.05, 0.1) is 0 Å². The maximum absolute atomic E-state index is 12.4. The standard InChI is InChI=1S/C16H30N2O3/c1-11(2)18(9-5-6-15(19)20)16(21)17-14-8-7-12(3)13(4)10-14/h11-14H,5-10H2,1-4H3,(H,17,21)(H,19,20). The Balaban J connectivity index is 2.47. The lowest BCUT2D eigenvalue weighted by Crippen LogP contribution is -2.49. The summed E-state index contributed by atoms with van der Waals surface area (Å²) in [6.45, 7) is 8.94. The van der Waals surface area contributed by atoms with Crippen molar-refractivity contribution < 1.29 is 14.7 Å². The number of hydrogen-bond donors (Lipinski definition) is 2. The number of carbonyl (C=O) groups excluding carboxylic acids is 1. The largest absolute Gasteiger partial charge is 0.481 e. The first-order chi connectivity index (χ1) is 9.81. The molecule has 21 heavy (non-hydrogen) atoms. The Kier molecular flexibility index (Phi) is 6.99. The van der Waals surface area contributed by atoms with Crippen molar-refractivity contribution in [1.82, 2.24) is 10.2 Å². The van der Waals surface area contributed by atoms with Crippen LogP contribution in [-0.2, 0) is 4.79 Å². The molecule has 2 N–H and O–H groups in total. The van der Waals surface area contributed by atoms with Crippen LogP contribution in [-0.4, -0.2) is 40.6 Å². The van der Waals surface area contributed by atoms with Crippen LogP contribution < -0.4 is 5.32 Å². The van der Waals surface area contributed by atoms with Crippen LogP contribution in [0.15, 0.2) is 0 Å². The maximum atomic E-state index is 12.4. The van der Waals surface area contributed by atoms with Crippen molar-refractivity contribution in [1.29, 1.82) is 0 Å². The third-order valence-electron chi connectivity index (χ3n) is 4.60. The van der Waals surface area contributed by atoms with Gasteiger partial charge in [0.15, 0.2) is 0 Å². The fourth-order valence-corrected chi connectivity index (χ4v) is 2.93. The van der Waals surface area contributed by atoms with Gasteiger partial charge in [0.25, 0.3) is 0 Å². The van der Waals surface area contributed by atoms with E-state index in [-0.39, 0.29) is 24.5 Å². The van der Waals surface area contributed by atoms with Crippen molar-refractivity contribution in [3.05, 3.63) is 0 Å². The Bertz CT molecular complexity index is 357. The fraction of sp³-hybridized carbons (Fsp3) is 0.875. The van der Waals surface area contributed by atoms with Gasteiger partial charge in [-0.3, -0.25) is 4.79 Å². The van der Waals surface area contributed by atoms with Gasteiger partial charge in [0.2, 0.25) is 0 Å². The Morgan fingerprint density at radius 2 is 1.90 bits per heavy atom. The number of rotatable bonds is 6. The van der Waals surface area contributed by atoms with Gasteiger partial charge in [-0.1, -0.05) is 13.8 Å². The van der Waals surface area contributed by atoms with Crippen molar-refractivity contribution in [2.24, 2.45) is 11.8 Å². The molecule has 122 valence electrons. The molecule has 1 aliphatic rings. The lowest BCUT2D eigenvalue weighted by atomic mass is 9.79. The minimum atomic E-state index is -0.811. The molecule has 3 atom stereocenters. The number of amides is 2. The molecule has 1 fully saturated rings. The number of nitrogens with zero attached hydrogens (tertiary/aromatic N) is 1. The van der Waals surface area contributed by atoms with E-state index in [0.29, 0.717) is 18.9 Å². The third-order valence-corrected chi connectivity index (χ3v) is 4.60. The number of nitrogens with one attached hydrogen (secondary N) is 1. The van der Waals surface area contributed by atoms with Gasteiger partial charge in [-0.15, -0.1) is 0 Å². The summed E-state index contributed by atoms with van der Waals surface area (Å²) in [6.07, 6.45) is 3.84. The van der Waals surface area contributed by atoms with Gasteiger partial charge in [0.1, 0.15) is 0 Å². The van der Waals surface area contributed by atoms with Crippen molar-refractivity contribution in [2.45, 2.75) is 71.9 Å². The molecule has 2 amide bonds. The molecule has 0 radical (unpaired) electrons. The molecule has 5 nitrogen and oxygen atoms in total. The summed E-state index contributed by atoms with van der Waals surface area (Å²) >= 11 is 0. The van der Waals surface area contributed by atoms with Gasteiger partial charge in [0, 0.05) is 25.0 Å². The molecule has 0 aliphatic heterocycles. The Labute approximate surface area is 128 Å². The summed E-state index contributed by atoms with van der Waals surface area (Å²) in [7, 11) is 0. The predicted molar refractivity (Wildman–Crippen MR) is 83.2 cm³/mol. The average Bonchev–Trinajstić information content (AvgIpc) is 2.38. The zero-order valence-electron chi connectivity index (χ0n) is 13.8. The van der Waals surface area contributed by atoms with E-state index in [4.69, 9.17) is 5.11 Å². The first kappa shape index (κ1) is 17.8. The lowest BCUT2D eigenvalue weighted by Gasteiger charge is -2.35. The number of aliphatic carboxylic acids is 1. The average molecular weight is 298 g/mol. The molecule has 0 spiro atoms. The Hall–Kier alpha value is -1.26. The topological polar surface area (TPSA) is 69.6 Å². The zero-order chi connectivity index (χ0) is 16.0. The summed E-state index contributed by atoms with van der Waals surface area (Å²) in [5.41, 5.74) is 0. The van der Waals surface area contributed by atoms with E-state index in [1.165, 1.54) is 0 Å². The second-order valence-electron chi connectivity index (χ2n) is 6.70. The van der Waals surface area contributed by atoms with Gasteiger partial charge in [-0.25, -0.2) is 4.79 Å². The highest BCUT2D eigenvalue weighted by Crippen LogP contribution is 2.29. The molecule has 0 aromatic heterocycles. The zero-order valence-corrected chi connectivity index (χ0v) is 13.8. The lowest BCUT2D eigenvalue weighted by molar-refractivity contribution is -0.137.